The zero-order valence-corrected chi connectivity index (χ0v) is 9.76. The van der Waals surface area contributed by atoms with Gasteiger partial charge in [-0.3, -0.25) is 4.98 Å². The van der Waals surface area contributed by atoms with E-state index in [1.165, 1.54) is 0 Å². The van der Waals surface area contributed by atoms with Crippen molar-refractivity contribution in [2.45, 2.75) is 13.3 Å². The molecule has 0 atom stereocenters. The summed E-state index contributed by atoms with van der Waals surface area (Å²) in [5.74, 6) is 1.22. The van der Waals surface area contributed by atoms with Crippen molar-refractivity contribution < 1.29 is 4.74 Å². The summed E-state index contributed by atoms with van der Waals surface area (Å²) >= 11 is 0. The molecule has 0 radical (unpaired) electrons. The van der Waals surface area contributed by atoms with Gasteiger partial charge in [-0.2, -0.15) is 0 Å². The normalized spacial score (nSPS) is 10.2. The molecule has 2 aromatic heterocycles. The molecule has 0 bridgehead atoms. The van der Waals surface area contributed by atoms with Crippen LogP contribution < -0.4 is 10.5 Å². The minimum Gasteiger partial charge on any atom is -0.493 e. The van der Waals surface area contributed by atoms with Gasteiger partial charge < -0.3 is 10.5 Å². The number of nitrogens with two attached hydrogens (primary N) is 1. The Morgan fingerprint density at radius 3 is 2.82 bits per heavy atom. The van der Waals surface area contributed by atoms with Gasteiger partial charge in [0.2, 0.25) is 0 Å². The van der Waals surface area contributed by atoms with E-state index < -0.39 is 0 Å². The number of pyridine rings is 2. The number of anilines is 1. The van der Waals surface area contributed by atoms with Crippen molar-refractivity contribution in [1.82, 2.24) is 9.97 Å². The van der Waals surface area contributed by atoms with Crippen LogP contribution in [0, 0.1) is 6.92 Å². The number of hydrogen-bond acceptors (Lipinski definition) is 4. The standard InChI is InChI=1S/C13H15N3O/c1-10-2-3-11(9-16-10)5-7-17-12-4-6-15-13(14)8-12/h2-4,6,8-9H,5,7H2,1H3,(H2,14,15). The van der Waals surface area contributed by atoms with Crippen molar-refractivity contribution in [3.63, 3.8) is 0 Å². The Balaban J connectivity index is 1.85. The lowest BCUT2D eigenvalue weighted by molar-refractivity contribution is 0.321. The maximum Gasteiger partial charge on any atom is 0.126 e. The molecule has 4 nitrogen and oxygen atoms in total. The molecule has 0 unspecified atom stereocenters. The quantitative estimate of drug-likeness (QED) is 0.871. The van der Waals surface area contributed by atoms with Crippen LogP contribution in [0.2, 0.25) is 0 Å². The van der Waals surface area contributed by atoms with Crippen LogP contribution in [0.4, 0.5) is 5.82 Å². The van der Waals surface area contributed by atoms with Gasteiger partial charge in [0.1, 0.15) is 11.6 Å². The molecule has 4 heteroatoms. The van der Waals surface area contributed by atoms with E-state index in [2.05, 4.69) is 16.0 Å². The van der Waals surface area contributed by atoms with Crippen LogP contribution in [-0.2, 0) is 6.42 Å². The van der Waals surface area contributed by atoms with Gasteiger partial charge in [0.15, 0.2) is 0 Å². The summed E-state index contributed by atoms with van der Waals surface area (Å²) in [4.78, 5) is 8.14. The van der Waals surface area contributed by atoms with Gasteiger partial charge in [-0.25, -0.2) is 4.98 Å². The summed E-state index contributed by atoms with van der Waals surface area (Å²) < 4.78 is 5.57. The first-order valence-electron chi connectivity index (χ1n) is 5.50. The summed E-state index contributed by atoms with van der Waals surface area (Å²) in [6, 6.07) is 7.57. The fraction of sp³-hybridized carbons (Fsp3) is 0.231. The minimum atomic E-state index is 0.472. The Morgan fingerprint density at radius 1 is 1.24 bits per heavy atom. The molecule has 0 spiro atoms. The van der Waals surface area contributed by atoms with E-state index in [-0.39, 0.29) is 0 Å². The second kappa shape index (κ2) is 5.30. The maximum atomic E-state index is 5.57. The molecule has 17 heavy (non-hydrogen) atoms. The highest BCUT2D eigenvalue weighted by Crippen LogP contribution is 2.12. The van der Waals surface area contributed by atoms with Gasteiger partial charge in [0, 0.05) is 30.6 Å². The van der Waals surface area contributed by atoms with E-state index in [0.29, 0.717) is 12.4 Å². The van der Waals surface area contributed by atoms with E-state index in [1.807, 2.05) is 19.2 Å². The zero-order chi connectivity index (χ0) is 12.1. The predicted molar refractivity (Wildman–Crippen MR) is 66.8 cm³/mol. The number of rotatable bonds is 4. The summed E-state index contributed by atoms with van der Waals surface area (Å²) in [6.07, 6.45) is 4.34. The molecule has 2 heterocycles. The third-order valence-electron chi connectivity index (χ3n) is 2.38. The van der Waals surface area contributed by atoms with E-state index in [0.717, 1.165) is 23.4 Å². The Labute approximate surface area is 100 Å². The molecule has 88 valence electrons. The highest BCUT2D eigenvalue weighted by atomic mass is 16.5. The molecule has 2 rings (SSSR count). The Hall–Kier alpha value is -2.10. The van der Waals surface area contributed by atoms with Crippen molar-refractivity contribution >= 4 is 5.82 Å². The molecule has 0 saturated heterocycles. The summed E-state index contributed by atoms with van der Waals surface area (Å²) in [5, 5.41) is 0. The van der Waals surface area contributed by atoms with Gasteiger partial charge in [-0.1, -0.05) is 6.07 Å². The maximum absolute atomic E-state index is 5.57. The Morgan fingerprint density at radius 2 is 2.12 bits per heavy atom. The second-order valence-corrected chi connectivity index (χ2v) is 3.82. The SMILES string of the molecule is Cc1ccc(CCOc2ccnc(N)c2)cn1. The number of ether oxygens (including phenoxy) is 1. The minimum absolute atomic E-state index is 0.472. The first-order chi connectivity index (χ1) is 8.24. The van der Waals surface area contributed by atoms with Gasteiger partial charge in [-0.05, 0) is 24.6 Å². The lowest BCUT2D eigenvalue weighted by Crippen LogP contribution is -2.02. The number of hydrogen-bond donors (Lipinski definition) is 1. The Bertz CT molecular complexity index is 482. The van der Waals surface area contributed by atoms with Crippen molar-refractivity contribution in [3.8, 4) is 5.75 Å². The monoisotopic (exact) mass is 229 g/mol. The fourth-order valence-corrected chi connectivity index (χ4v) is 1.45. The van der Waals surface area contributed by atoms with Crippen molar-refractivity contribution in [2.75, 3.05) is 12.3 Å². The largest absolute Gasteiger partial charge is 0.493 e. The lowest BCUT2D eigenvalue weighted by Gasteiger charge is -2.06. The van der Waals surface area contributed by atoms with Crippen LogP contribution in [0.25, 0.3) is 0 Å². The summed E-state index contributed by atoms with van der Waals surface area (Å²) in [5.41, 5.74) is 7.75. The molecule has 0 aromatic carbocycles. The van der Waals surface area contributed by atoms with Crippen molar-refractivity contribution in [3.05, 3.63) is 47.9 Å². The predicted octanol–water partition coefficient (Wildman–Crippen LogP) is 1.99. The zero-order valence-electron chi connectivity index (χ0n) is 9.76. The molecule has 0 saturated carbocycles. The molecule has 0 amide bonds. The van der Waals surface area contributed by atoms with Crippen LogP contribution in [0.15, 0.2) is 36.7 Å². The van der Waals surface area contributed by atoms with Gasteiger partial charge in [-0.15, -0.1) is 0 Å². The van der Waals surface area contributed by atoms with Crippen LogP contribution >= 0.6 is 0 Å². The van der Waals surface area contributed by atoms with E-state index in [9.17, 15) is 0 Å². The number of aryl methyl sites for hydroxylation is 1. The van der Waals surface area contributed by atoms with Crippen LogP contribution in [0.1, 0.15) is 11.3 Å². The number of nitrogens with zero attached hydrogens (tertiary/aromatic N) is 2. The molecule has 0 aliphatic rings. The average Bonchev–Trinajstić information content (AvgIpc) is 2.32. The molecule has 0 aliphatic carbocycles. The van der Waals surface area contributed by atoms with Crippen LogP contribution in [0.5, 0.6) is 5.75 Å². The number of nitrogen functional groups attached to an aromatic ring is 1. The molecule has 2 aromatic rings. The fourth-order valence-electron chi connectivity index (χ4n) is 1.45. The second-order valence-electron chi connectivity index (χ2n) is 3.82. The third-order valence-corrected chi connectivity index (χ3v) is 2.38. The molecule has 0 fully saturated rings. The molecular formula is C13H15N3O. The van der Waals surface area contributed by atoms with E-state index in [1.54, 1.807) is 18.3 Å². The van der Waals surface area contributed by atoms with E-state index >= 15 is 0 Å². The molecule has 0 aliphatic heterocycles. The third kappa shape index (κ3) is 3.45. The topological polar surface area (TPSA) is 61.0 Å². The highest BCUT2D eigenvalue weighted by Gasteiger charge is 1.97. The van der Waals surface area contributed by atoms with Crippen molar-refractivity contribution in [1.29, 1.82) is 0 Å². The van der Waals surface area contributed by atoms with Crippen LogP contribution in [-0.4, -0.2) is 16.6 Å². The summed E-state index contributed by atoms with van der Waals surface area (Å²) in [7, 11) is 0. The average molecular weight is 229 g/mol. The smallest absolute Gasteiger partial charge is 0.126 e. The molecular weight excluding hydrogens is 214 g/mol. The van der Waals surface area contributed by atoms with Gasteiger partial charge in [0.05, 0.1) is 6.61 Å². The van der Waals surface area contributed by atoms with Gasteiger partial charge in [0.25, 0.3) is 0 Å². The van der Waals surface area contributed by atoms with Crippen molar-refractivity contribution in [2.24, 2.45) is 0 Å². The van der Waals surface area contributed by atoms with E-state index in [4.69, 9.17) is 10.5 Å². The highest BCUT2D eigenvalue weighted by molar-refractivity contribution is 5.35. The Kier molecular flexibility index (Phi) is 3.55. The summed E-state index contributed by atoms with van der Waals surface area (Å²) in [6.45, 7) is 2.58. The first-order valence-corrected chi connectivity index (χ1v) is 5.50. The lowest BCUT2D eigenvalue weighted by atomic mass is 10.2. The number of aromatic nitrogens is 2. The van der Waals surface area contributed by atoms with Crippen LogP contribution in [0.3, 0.4) is 0 Å². The van der Waals surface area contributed by atoms with Gasteiger partial charge >= 0.3 is 0 Å². The molecule has 2 N–H and O–H groups in total. The first kappa shape index (κ1) is 11.4.